The van der Waals surface area contributed by atoms with Gasteiger partial charge < -0.3 is 10.2 Å². The van der Waals surface area contributed by atoms with E-state index in [0.717, 1.165) is 22.3 Å². The minimum atomic E-state index is -0.650. The third kappa shape index (κ3) is 6.46. The molecule has 3 heterocycles. The summed E-state index contributed by atoms with van der Waals surface area (Å²) in [7, 11) is 0. The molecule has 2 amide bonds. The van der Waals surface area contributed by atoms with Crippen LogP contribution in [-0.4, -0.2) is 58.4 Å². The van der Waals surface area contributed by atoms with Crippen LogP contribution in [0.2, 0.25) is 0 Å². The number of fused-ring (bicyclic) bond motifs is 1. The second kappa shape index (κ2) is 12.5. The van der Waals surface area contributed by atoms with Crippen LogP contribution in [0.3, 0.4) is 0 Å². The van der Waals surface area contributed by atoms with Crippen LogP contribution < -0.4 is 5.32 Å². The minimum absolute atomic E-state index is 0.0991. The summed E-state index contributed by atoms with van der Waals surface area (Å²) in [5.74, 6) is -0.258. The van der Waals surface area contributed by atoms with Gasteiger partial charge in [0.25, 0.3) is 0 Å². The van der Waals surface area contributed by atoms with Crippen LogP contribution in [0.1, 0.15) is 54.6 Å². The van der Waals surface area contributed by atoms with E-state index < -0.39 is 6.04 Å². The van der Waals surface area contributed by atoms with E-state index in [0.29, 0.717) is 29.6 Å². The second-order valence-electron chi connectivity index (χ2n) is 11.4. The van der Waals surface area contributed by atoms with E-state index in [4.69, 9.17) is 0 Å². The molecule has 0 bridgehead atoms. The number of Topliss-reactive ketones (excluding diaryl/α,β-unsaturated/α-hetero) is 1. The molecule has 224 valence electrons. The summed E-state index contributed by atoms with van der Waals surface area (Å²) in [5, 5.41) is 8.26. The van der Waals surface area contributed by atoms with Crippen LogP contribution in [0.25, 0.3) is 22.0 Å². The van der Waals surface area contributed by atoms with E-state index in [9.17, 15) is 18.8 Å². The van der Waals surface area contributed by atoms with Gasteiger partial charge in [0.1, 0.15) is 29.9 Å². The van der Waals surface area contributed by atoms with Crippen molar-refractivity contribution in [2.24, 2.45) is 5.92 Å². The number of alkyl halides is 1. The fourth-order valence-electron chi connectivity index (χ4n) is 5.80. The highest BCUT2D eigenvalue weighted by Gasteiger charge is 2.44. The maximum Gasteiger partial charge on any atom is 0.245 e. The first-order valence-corrected chi connectivity index (χ1v) is 15.5. The van der Waals surface area contributed by atoms with Gasteiger partial charge in [-0.05, 0) is 80.5 Å². The van der Waals surface area contributed by atoms with Crippen LogP contribution in [-0.2, 0) is 22.6 Å². The number of hydrogen-bond acceptors (Lipinski definition) is 6. The van der Waals surface area contributed by atoms with Crippen molar-refractivity contribution < 1.29 is 18.8 Å². The molecule has 0 saturated carbocycles. The maximum absolute atomic E-state index is 13.9. The van der Waals surface area contributed by atoms with Gasteiger partial charge in [-0.25, -0.2) is 14.4 Å². The minimum Gasteiger partial charge on any atom is -0.352 e. The van der Waals surface area contributed by atoms with Gasteiger partial charge in [-0.3, -0.25) is 19.1 Å². The van der Waals surface area contributed by atoms with Crippen LogP contribution in [0.4, 0.5) is 4.39 Å². The molecule has 4 aromatic rings. The van der Waals surface area contributed by atoms with Gasteiger partial charge in [0.15, 0.2) is 5.78 Å². The van der Waals surface area contributed by atoms with Crippen molar-refractivity contribution in [3.63, 3.8) is 0 Å². The Hall–Kier alpha value is -3.74. The summed E-state index contributed by atoms with van der Waals surface area (Å²) >= 11 is 2.22. The molecular weight excluding hydrogens is 662 g/mol. The molecule has 2 aromatic heterocycles. The Kier molecular flexibility index (Phi) is 8.91. The van der Waals surface area contributed by atoms with Gasteiger partial charge in [0.05, 0.1) is 9.57 Å². The number of carbonyl (C=O) groups is 3. The monoisotopic (exact) mass is 696 g/mol. The lowest BCUT2D eigenvalue weighted by molar-refractivity contribution is -0.139. The number of hydrogen-bond donors (Lipinski definition) is 1. The first-order chi connectivity index (χ1) is 20.4. The molecule has 2 aromatic carbocycles. The van der Waals surface area contributed by atoms with Crippen molar-refractivity contribution in [3.05, 3.63) is 77.3 Å². The number of carbonyl (C=O) groups excluding carboxylic acids is 3. The van der Waals surface area contributed by atoms with E-state index in [1.54, 1.807) is 28.0 Å². The summed E-state index contributed by atoms with van der Waals surface area (Å²) in [6, 6.07) is 9.27. The Morgan fingerprint density at radius 3 is 2.51 bits per heavy atom. The number of ketones is 1. The topological polar surface area (TPSA) is 110 Å². The molecular formula is C32H34FIN6O3. The zero-order valence-electron chi connectivity index (χ0n) is 24.8. The standard InChI is InChI=1S/C32H34FIN6O3/c1-17-9-23(24-14-35-21(5)36-15-24)13-26-29(20(4)41)38-39(30(17)26)16-28(42)40-27(10-18(2)31(40)34)32(43)37-19(3)11-22-7-6-8-25(33)12-22/h6-9,12-15,18-19,27,31H,10-11,16H2,1-5H3,(H,37,43)/t18-,19?,27-,31-/m0/s1. The molecule has 9 nitrogen and oxygen atoms in total. The van der Waals surface area contributed by atoms with E-state index in [1.807, 2.05) is 45.9 Å². The van der Waals surface area contributed by atoms with Gasteiger partial charge >= 0.3 is 0 Å². The van der Waals surface area contributed by atoms with E-state index in [-0.39, 0.29) is 51.7 Å². The van der Waals surface area contributed by atoms with Crippen molar-refractivity contribution in [2.75, 3.05) is 0 Å². The highest BCUT2D eigenvalue weighted by atomic mass is 127. The Morgan fingerprint density at radius 2 is 1.84 bits per heavy atom. The first kappa shape index (κ1) is 30.7. The zero-order valence-corrected chi connectivity index (χ0v) is 26.9. The molecule has 1 N–H and O–H groups in total. The Morgan fingerprint density at radius 1 is 1.12 bits per heavy atom. The molecule has 11 heteroatoms. The molecule has 1 aliphatic heterocycles. The number of likely N-dealkylation sites (tertiary alicyclic amines) is 1. The lowest BCUT2D eigenvalue weighted by atomic mass is 10.0. The predicted octanol–water partition coefficient (Wildman–Crippen LogP) is 5.20. The summed E-state index contributed by atoms with van der Waals surface area (Å²) in [6.07, 6.45) is 4.47. The molecule has 4 atom stereocenters. The number of nitrogens with one attached hydrogen (secondary N) is 1. The number of aryl methyl sites for hydroxylation is 2. The summed E-state index contributed by atoms with van der Waals surface area (Å²) in [5.41, 5.74) is 4.27. The maximum atomic E-state index is 13.9. The van der Waals surface area contributed by atoms with Gasteiger partial charge in [0, 0.05) is 36.3 Å². The Bertz CT molecular complexity index is 1710. The van der Waals surface area contributed by atoms with Crippen molar-refractivity contribution in [3.8, 4) is 11.1 Å². The molecule has 0 radical (unpaired) electrons. The van der Waals surface area contributed by atoms with Gasteiger partial charge in [-0.15, -0.1) is 0 Å². The number of aromatic nitrogens is 4. The lowest BCUT2D eigenvalue weighted by Crippen LogP contribution is -2.50. The highest BCUT2D eigenvalue weighted by molar-refractivity contribution is 14.1. The van der Waals surface area contributed by atoms with Crippen molar-refractivity contribution >= 4 is 51.1 Å². The summed E-state index contributed by atoms with van der Waals surface area (Å²) < 4.78 is 15.0. The molecule has 1 fully saturated rings. The number of rotatable bonds is 8. The Labute approximate surface area is 263 Å². The summed E-state index contributed by atoms with van der Waals surface area (Å²) in [4.78, 5) is 50.2. The number of halogens is 2. The predicted molar refractivity (Wildman–Crippen MR) is 170 cm³/mol. The first-order valence-electron chi connectivity index (χ1n) is 14.2. The third-order valence-corrected chi connectivity index (χ3v) is 9.67. The molecule has 43 heavy (non-hydrogen) atoms. The Balaban J connectivity index is 1.40. The zero-order chi connectivity index (χ0) is 31.0. The SMILES string of the molecule is CC(=O)c1nn(CC(=O)N2[C@H](I)[C@@H](C)C[C@H]2C(=O)NC(C)Cc2cccc(F)c2)c2c(C)cc(-c3cnc(C)nc3)cc12. The smallest absolute Gasteiger partial charge is 0.245 e. The van der Waals surface area contributed by atoms with Crippen molar-refractivity contribution in [1.29, 1.82) is 0 Å². The van der Waals surface area contributed by atoms with Gasteiger partial charge in [-0.1, -0.05) is 41.6 Å². The average molecular weight is 697 g/mol. The number of nitrogens with zero attached hydrogens (tertiary/aromatic N) is 5. The van der Waals surface area contributed by atoms with E-state index in [2.05, 4.69) is 43.0 Å². The highest BCUT2D eigenvalue weighted by Crippen LogP contribution is 2.35. The third-order valence-electron chi connectivity index (χ3n) is 7.84. The van der Waals surface area contributed by atoms with Crippen LogP contribution >= 0.6 is 22.6 Å². The van der Waals surface area contributed by atoms with Gasteiger partial charge in [-0.2, -0.15) is 5.10 Å². The van der Waals surface area contributed by atoms with E-state index in [1.165, 1.54) is 19.1 Å². The van der Waals surface area contributed by atoms with Crippen LogP contribution in [0.15, 0.2) is 48.8 Å². The van der Waals surface area contributed by atoms with E-state index >= 15 is 0 Å². The molecule has 5 rings (SSSR count). The normalized spacial score (nSPS) is 19.0. The second-order valence-corrected chi connectivity index (χ2v) is 12.7. The molecule has 0 spiro atoms. The van der Waals surface area contributed by atoms with Crippen LogP contribution in [0, 0.1) is 25.6 Å². The van der Waals surface area contributed by atoms with Crippen LogP contribution in [0.5, 0.6) is 0 Å². The summed E-state index contributed by atoms with van der Waals surface area (Å²) in [6.45, 7) is 8.97. The van der Waals surface area contributed by atoms with Crippen molar-refractivity contribution in [1.82, 2.24) is 30.0 Å². The number of amides is 2. The molecule has 1 saturated heterocycles. The average Bonchev–Trinajstić information content (AvgIpc) is 3.46. The van der Waals surface area contributed by atoms with Crippen molar-refractivity contribution in [2.45, 2.75) is 70.1 Å². The molecule has 0 aliphatic carbocycles. The molecule has 1 unspecified atom stereocenters. The van der Waals surface area contributed by atoms with Gasteiger partial charge in [0.2, 0.25) is 11.8 Å². The quantitative estimate of drug-likeness (QED) is 0.118. The largest absolute Gasteiger partial charge is 0.352 e. The number of benzene rings is 2. The molecule has 1 aliphatic rings. The fraction of sp³-hybridized carbons (Fsp3) is 0.375. The fourth-order valence-corrected chi connectivity index (χ4v) is 6.79. The lowest BCUT2D eigenvalue weighted by Gasteiger charge is -2.28.